The average Bonchev–Trinajstić information content (AvgIpc) is 2.40. The Balaban J connectivity index is 3.30. The molecule has 120 valence electrons. The Hall–Kier alpha value is -0.570. The van der Waals surface area contributed by atoms with E-state index in [4.69, 9.17) is 0 Å². The SMILES string of the molecule is CCCCCCCCCCNCC(=O)NC(C)(C)CC. The molecule has 0 aromatic heterocycles. The molecule has 0 saturated heterocycles. The Labute approximate surface area is 126 Å². The fourth-order valence-electron chi connectivity index (χ4n) is 2.10. The summed E-state index contributed by atoms with van der Waals surface area (Å²) in [6.07, 6.45) is 11.6. The Morgan fingerprint density at radius 1 is 0.900 bits per heavy atom. The van der Waals surface area contributed by atoms with E-state index in [-0.39, 0.29) is 11.4 Å². The van der Waals surface area contributed by atoms with Crippen molar-refractivity contribution in [1.29, 1.82) is 0 Å². The number of carbonyl (C=O) groups excluding carboxylic acids is 1. The van der Waals surface area contributed by atoms with Crippen LogP contribution in [0, 0.1) is 0 Å². The number of nitrogens with one attached hydrogen (secondary N) is 2. The van der Waals surface area contributed by atoms with Crippen molar-refractivity contribution in [1.82, 2.24) is 10.6 Å². The van der Waals surface area contributed by atoms with Crippen LogP contribution in [-0.4, -0.2) is 24.5 Å². The molecule has 2 N–H and O–H groups in total. The zero-order valence-electron chi connectivity index (χ0n) is 14.2. The summed E-state index contributed by atoms with van der Waals surface area (Å²) in [5, 5.41) is 6.27. The van der Waals surface area contributed by atoms with Crippen LogP contribution in [-0.2, 0) is 4.79 Å². The summed E-state index contributed by atoms with van der Waals surface area (Å²) in [6.45, 7) is 9.86. The molecule has 0 fully saturated rings. The fraction of sp³-hybridized carbons (Fsp3) is 0.941. The average molecular weight is 284 g/mol. The van der Waals surface area contributed by atoms with E-state index in [0.717, 1.165) is 13.0 Å². The molecule has 1 amide bonds. The third-order valence-electron chi connectivity index (χ3n) is 3.85. The molecular formula is C17H36N2O. The van der Waals surface area contributed by atoms with Crippen LogP contribution >= 0.6 is 0 Å². The van der Waals surface area contributed by atoms with E-state index >= 15 is 0 Å². The second-order valence-corrected chi connectivity index (χ2v) is 6.44. The van der Waals surface area contributed by atoms with Crippen LogP contribution in [0.4, 0.5) is 0 Å². The van der Waals surface area contributed by atoms with Crippen LogP contribution in [0.1, 0.15) is 85.5 Å². The molecule has 0 rings (SSSR count). The number of hydrogen-bond donors (Lipinski definition) is 2. The Morgan fingerprint density at radius 3 is 2.00 bits per heavy atom. The van der Waals surface area contributed by atoms with E-state index in [1.807, 2.05) is 0 Å². The van der Waals surface area contributed by atoms with Crippen molar-refractivity contribution < 1.29 is 4.79 Å². The number of carbonyl (C=O) groups is 1. The van der Waals surface area contributed by atoms with Gasteiger partial charge in [-0.1, -0.05) is 58.8 Å². The van der Waals surface area contributed by atoms with Gasteiger partial charge in [0.1, 0.15) is 0 Å². The van der Waals surface area contributed by atoms with Crippen molar-refractivity contribution in [2.75, 3.05) is 13.1 Å². The van der Waals surface area contributed by atoms with Crippen LogP contribution in [0.2, 0.25) is 0 Å². The van der Waals surface area contributed by atoms with Crippen molar-refractivity contribution in [2.24, 2.45) is 0 Å². The molecule has 0 spiro atoms. The maximum absolute atomic E-state index is 11.7. The number of rotatable bonds is 13. The van der Waals surface area contributed by atoms with E-state index in [0.29, 0.717) is 6.54 Å². The zero-order valence-corrected chi connectivity index (χ0v) is 14.2. The van der Waals surface area contributed by atoms with E-state index in [9.17, 15) is 4.79 Å². The highest BCUT2D eigenvalue weighted by atomic mass is 16.2. The quantitative estimate of drug-likeness (QED) is 0.502. The van der Waals surface area contributed by atoms with Gasteiger partial charge in [-0.15, -0.1) is 0 Å². The lowest BCUT2D eigenvalue weighted by Crippen LogP contribution is -2.46. The summed E-state index contributed by atoms with van der Waals surface area (Å²) < 4.78 is 0. The predicted octanol–water partition coefficient (Wildman–Crippen LogP) is 4.02. The van der Waals surface area contributed by atoms with Gasteiger partial charge in [-0.2, -0.15) is 0 Å². The van der Waals surface area contributed by atoms with Gasteiger partial charge in [0.2, 0.25) is 5.91 Å². The first kappa shape index (κ1) is 19.4. The molecule has 3 heteroatoms. The Kier molecular flexibility index (Phi) is 11.8. The van der Waals surface area contributed by atoms with Crippen molar-refractivity contribution in [3.8, 4) is 0 Å². The molecular weight excluding hydrogens is 248 g/mol. The van der Waals surface area contributed by atoms with Crippen molar-refractivity contribution in [2.45, 2.75) is 91.0 Å². The molecule has 20 heavy (non-hydrogen) atoms. The van der Waals surface area contributed by atoms with Crippen LogP contribution in [0.25, 0.3) is 0 Å². The summed E-state index contributed by atoms with van der Waals surface area (Å²) in [6, 6.07) is 0. The van der Waals surface area contributed by atoms with Crippen LogP contribution in [0.3, 0.4) is 0 Å². The molecule has 0 aliphatic carbocycles. The number of amides is 1. The minimum atomic E-state index is -0.0861. The van der Waals surface area contributed by atoms with Crippen molar-refractivity contribution in [3.05, 3.63) is 0 Å². The van der Waals surface area contributed by atoms with E-state index in [2.05, 4.69) is 38.3 Å². The standard InChI is InChI=1S/C17H36N2O/c1-5-7-8-9-10-11-12-13-14-18-15-16(20)19-17(3,4)6-2/h18H,5-15H2,1-4H3,(H,19,20). The van der Waals surface area contributed by atoms with Gasteiger partial charge < -0.3 is 10.6 Å². The highest BCUT2D eigenvalue weighted by Crippen LogP contribution is 2.08. The van der Waals surface area contributed by atoms with Crippen LogP contribution < -0.4 is 10.6 Å². The van der Waals surface area contributed by atoms with E-state index < -0.39 is 0 Å². The molecule has 0 unspecified atom stereocenters. The van der Waals surface area contributed by atoms with E-state index in [1.54, 1.807) is 0 Å². The summed E-state index contributed by atoms with van der Waals surface area (Å²) in [7, 11) is 0. The number of unbranched alkanes of at least 4 members (excludes halogenated alkanes) is 7. The van der Waals surface area contributed by atoms with Crippen LogP contribution in [0.5, 0.6) is 0 Å². The molecule has 0 aliphatic heterocycles. The zero-order chi connectivity index (χ0) is 15.3. The first-order valence-electron chi connectivity index (χ1n) is 8.53. The number of hydrogen-bond acceptors (Lipinski definition) is 2. The Morgan fingerprint density at radius 2 is 1.45 bits per heavy atom. The molecule has 0 bridgehead atoms. The summed E-state index contributed by atoms with van der Waals surface area (Å²) >= 11 is 0. The highest BCUT2D eigenvalue weighted by Gasteiger charge is 2.16. The largest absolute Gasteiger partial charge is 0.350 e. The lowest BCUT2D eigenvalue weighted by molar-refractivity contribution is -0.121. The Bertz CT molecular complexity index is 239. The molecule has 0 radical (unpaired) electrons. The van der Waals surface area contributed by atoms with Gasteiger partial charge in [-0.3, -0.25) is 4.79 Å². The van der Waals surface area contributed by atoms with Gasteiger partial charge >= 0.3 is 0 Å². The molecule has 0 heterocycles. The molecule has 3 nitrogen and oxygen atoms in total. The maximum Gasteiger partial charge on any atom is 0.234 e. The van der Waals surface area contributed by atoms with Crippen molar-refractivity contribution >= 4 is 5.91 Å². The minimum Gasteiger partial charge on any atom is -0.350 e. The predicted molar refractivity (Wildman–Crippen MR) is 88.0 cm³/mol. The van der Waals surface area contributed by atoms with Crippen LogP contribution in [0.15, 0.2) is 0 Å². The van der Waals surface area contributed by atoms with Gasteiger partial charge in [-0.25, -0.2) is 0 Å². The van der Waals surface area contributed by atoms with Gasteiger partial charge in [0.25, 0.3) is 0 Å². The van der Waals surface area contributed by atoms with Gasteiger partial charge in [0, 0.05) is 5.54 Å². The van der Waals surface area contributed by atoms with Gasteiger partial charge in [0.05, 0.1) is 6.54 Å². The topological polar surface area (TPSA) is 41.1 Å². The van der Waals surface area contributed by atoms with E-state index in [1.165, 1.54) is 51.4 Å². The third-order valence-corrected chi connectivity index (χ3v) is 3.85. The molecule has 0 aliphatic rings. The maximum atomic E-state index is 11.7. The normalized spacial score (nSPS) is 11.6. The van der Waals surface area contributed by atoms with Gasteiger partial charge in [-0.05, 0) is 33.2 Å². The summed E-state index contributed by atoms with van der Waals surface area (Å²) in [5.41, 5.74) is -0.0861. The van der Waals surface area contributed by atoms with Crippen molar-refractivity contribution in [3.63, 3.8) is 0 Å². The molecule has 0 aromatic carbocycles. The molecule has 0 atom stereocenters. The first-order valence-corrected chi connectivity index (χ1v) is 8.53. The third kappa shape index (κ3) is 12.5. The molecule has 0 aromatic rings. The fourth-order valence-corrected chi connectivity index (χ4v) is 2.10. The molecule has 0 saturated carbocycles. The lowest BCUT2D eigenvalue weighted by atomic mass is 10.0. The smallest absolute Gasteiger partial charge is 0.234 e. The lowest BCUT2D eigenvalue weighted by Gasteiger charge is -2.24. The van der Waals surface area contributed by atoms with Gasteiger partial charge in [0.15, 0.2) is 0 Å². The highest BCUT2D eigenvalue weighted by molar-refractivity contribution is 5.78. The first-order chi connectivity index (χ1) is 9.52. The summed E-state index contributed by atoms with van der Waals surface area (Å²) in [4.78, 5) is 11.7. The summed E-state index contributed by atoms with van der Waals surface area (Å²) in [5.74, 6) is 0.108. The second kappa shape index (κ2) is 12.2. The minimum absolute atomic E-state index is 0.0861. The second-order valence-electron chi connectivity index (χ2n) is 6.44. The monoisotopic (exact) mass is 284 g/mol.